The summed E-state index contributed by atoms with van der Waals surface area (Å²) in [5, 5.41) is 3.10. The maximum absolute atomic E-state index is 11.6. The number of carbonyl (C=O) groups excluding carboxylic acids is 1. The van der Waals surface area contributed by atoms with Crippen molar-refractivity contribution in [3.05, 3.63) is 17.5 Å². The van der Waals surface area contributed by atoms with E-state index in [2.05, 4.69) is 20.2 Å². The van der Waals surface area contributed by atoms with Crippen LogP contribution in [0, 0.1) is 6.92 Å². The number of nitrogens with one attached hydrogen (secondary N) is 1. The molecule has 0 atom stereocenters. The Labute approximate surface area is 107 Å². The molecule has 6 heteroatoms. The second kappa shape index (κ2) is 6.90. The van der Waals surface area contributed by atoms with E-state index < -0.39 is 0 Å². The summed E-state index contributed by atoms with van der Waals surface area (Å²) in [6, 6.07) is 0. The van der Waals surface area contributed by atoms with Gasteiger partial charge in [0.25, 0.3) is 0 Å². The molecule has 18 heavy (non-hydrogen) atoms. The number of nitrogens with zero attached hydrogens (tertiary/aromatic N) is 3. The molecule has 1 aromatic rings. The molecular weight excluding hydrogens is 232 g/mol. The van der Waals surface area contributed by atoms with Gasteiger partial charge in [0.1, 0.15) is 0 Å². The summed E-state index contributed by atoms with van der Waals surface area (Å²) in [5.41, 5.74) is 1.03. The molecule has 1 heterocycles. The molecule has 1 aromatic heterocycles. The molecule has 0 amide bonds. The summed E-state index contributed by atoms with van der Waals surface area (Å²) >= 11 is 0. The van der Waals surface area contributed by atoms with Gasteiger partial charge in [0, 0.05) is 19.3 Å². The first-order chi connectivity index (χ1) is 8.54. The molecule has 1 rings (SSSR count). The molecule has 6 nitrogen and oxygen atoms in total. The van der Waals surface area contributed by atoms with Crippen molar-refractivity contribution < 1.29 is 9.53 Å². The fourth-order valence-corrected chi connectivity index (χ4v) is 1.35. The van der Waals surface area contributed by atoms with Crippen LogP contribution in [-0.2, 0) is 4.74 Å². The van der Waals surface area contributed by atoms with Crippen molar-refractivity contribution in [3.8, 4) is 0 Å². The number of esters is 1. The van der Waals surface area contributed by atoms with E-state index in [0.717, 1.165) is 13.1 Å². The van der Waals surface area contributed by atoms with Gasteiger partial charge >= 0.3 is 5.97 Å². The summed E-state index contributed by atoms with van der Waals surface area (Å²) < 4.78 is 4.92. The predicted octanol–water partition coefficient (Wildman–Crippen LogP) is 0.935. The van der Waals surface area contributed by atoms with Crippen LogP contribution < -0.4 is 5.32 Å². The lowest BCUT2D eigenvalue weighted by Gasteiger charge is -2.11. The van der Waals surface area contributed by atoms with Crippen LogP contribution in [0.5, 0.6) is 0 Å². The van der Waals surface area contributed by atoms with Crippen molar-refractivity contribution in [2.24, 2.45) is 0 Å². The molecule has 0 saturated carbocycles. The molecule has 0 saturated heterocycles. The summed E-state index contributed by atoms with van der Waals surface area (Å²) in [7, 11) is 4.00. The second-order valence-corrected chi connectivity index (χ2v) is 4.14. The molecule has 0 bridgehead atoms. The maximum Gasteiger partial charge on any atom is 0.341 e. The zero-order chi connectivity index (χ0) is 13.5. The topological polar surface area (TPSA) is 67.3 Å². The van der Waals surface area contributed by atoms with Gasteiger partial charge in [-0.05, 0) is 27.9 Å². The van der Waals surface area contributed by atoms with E-state index in [1.54, 1.807) is 13.8 Å². The van der Waals surface area contributed by atoms with Gasteiger partial charge in [-0.25, -0.2) is 14.8 Å². The first-order valence-electron chi connectivity index (χ1n) is 5.94. The largest absolute Gasteiger partial charge is 0.462 e. The van der Waals surface area contributed by atoms with Gasteiger partial charge in [-0.15, -0.1) is 0 Å². The molecular formula is C12H20N4O2. The molecule has 0 aromatic carbocycles. The third-order valence-corrected chi connectivity index (χ3v) is 2.32. The van der Waals surface area contributed by atoms with Gasteiger partial charge in [0.2, 0.25) is 5.95 Å². The lowest BCUT2D eigenvalue weighted by atomic mass is 10.2. The Bertz CT molecular complexity index is 407. The number of hydrogen-bond acceptors (Lipinski definition) is 6. The Morgan fingerprint density at radius 1 is 1.50 bits per heavy atom. The molecule has 100 valence electrons. The van der Waals surface area contributed by atoms with Crippen LogP contribution in [0.1, 0.15) is 23.0 Å². The van der Waals surface area contributed by atoms with Crippen LogP contribution in [-0.4, -0.2) is 54.6 Å². The number of aryl methyl sites for hydroxylation is 1. The third-order valence-electron chi connectivity index (χ3n) is 2.32. The van der Waals surface area contributed by atoms with Crippen molar-refractivity contribution in [3.63, 3.8) is 0 Å². The number of ether oxygens (including phenoxy) is 1. The molecule has 0 unspecified atom stereocenters. The summed E-state index contributed by atoms with van der Waals surface area (Å²) in [4.78, 5) is 21.9. The minimum atomic E-state index is -0.380. The van der Waals surface area contributed by atoms with Crippen molar-refractivity contribution in [2.45, 2.75) is 13.8 Å². The van der Waals surface area contributed by atoms with E-state index in [1.807, 2.05) is 14.1 Å². The molecule has 0 spiro atoms. The van der Waals surface area contributed by atoms with Crippen molar-refractivity contribution in [1.82, 2.24) is 14.9 Å². The highest BCUT2D eigenvalue weighted by Gasteiger charge is 2.12. The van der Waals surface area contributed by atoms with Crippen molar-refractivity contribution >= 4 is 11.9 Å². The Morgan fingerprint density at radius 3 is 2.78 bits per heavy atom. The van der Waals surface area contributed by atoms with Gasteiger partial charge < -0.3 is 15.0 Å². The van der Waals surface area contributed by atoms with E-state index >= 15 is 0 Å². The first kappa shape index (κ1) is 14.4. The lowest BCUT2D eigenvalue weighted by Crippen LogP contribution is -2.22. The highest BCUT2D eigenvalue weighted by molar-refractivity contribution is 5.90. The van der Waals surface area contributed by atoms with E-state index in [1.165, 1.54) is 6.20 Å². The van der Waals surface area contributed by atoms with E-state index in [4.69, 9.17) is 4.74 Å². The van der Waals surface area contributed by atoms with E-state index in [-0.39, 0.29) is 5.97 Å². The summed E-state index contributed by atoms with van der Waals surface area (Å²) in [5.74, 6) is 0.150. The second-order valence-electron chi connectivity index (χ2n) is 4.14. The van der Waals surface area contributed by atoms with E-state index in [9.17, 15) is 4.79 Å². The van der Waals surface area contributed by atoms with E-state index in [0.29, 0.717) is 23.8 Å². The van der Waals surface area contributed by atoms with Gasteiger partial charge in [0.05, 0.1) is 17.9 Å². The van der Waals surface area contributed by atoms with Gasteiger partial charge in [-0.3, -0.25) is 0 Å². The van der Waals surface area contributed by atoms with Crippen LogP contribution in [0.25, 0.3) is 0 Å². The lowest BCUT2D eigenvalue weighted by molar-refractivity contribution is 0.0524. The smallest absolute Gasteiger partial charge is 0.341 e. The predicted molar refractivity (Wildman–Crippen MR) is 69.8 cm³/mol. The molecule has 0 aliphatic heterocycles. The van der Waals surface area contributed by atoms with Crippen LogP contribution in [0.3, 0.4) is 0 Å². The average Bonchev–Trinajstić information content (AvgIpc) is 2.28. The standard InChI is InChI=1S/C12H20N4O2/c1-5-18-11(17)10-8-14-12(15-9(10)2)13-6-7-16(3)4/h8H,5-7H2,1-4H3,(H,13,14,15). The summed E-state index contributed by atoms with van der Waals surface area (Å²) in [6.07, 6.45) is 1.50. The highest BCUT2D eigenvalue weighted by atomic mass is 16.5. The number of likely N-dealkylation sites (N-methyl/N-ethyl adjacent to an activating group) is 1. The zero-order valence-corrected chi connectivity index (χ0v) is 11.4. The monoisotopic (exact) mass is 252 g/mol. The Kier molecular flexibility index (Phi) is 5.51. The third kappa shape index (κ3) is 4.29. The normalized spacial score (nSPS) is 10.5. The SMILES string of the molecule is CCOC(=O)c1cnc(NCCN(C)C)nc1C. The number of rotatable bonds is 6. The van der Waals surface area contributed by atoms with Crippen LogP contribution >= 0.6 is 0 Å². The minimum Gasteiger partial charge on any atom is -0.462 e. The van der Waals surface area contributed by atoms with Gasteiger partial charge in [-0.2, -0.15) is 0 Å². The fourth-order valence-electron chi connectivity index (χ4n) is 1.35. The van der Waals surface area contributed by atoms with Crippen LogP contribution in [0.4, 0.5) is 5.95 Å². The first-order valence-corrected chi connectivity index (χ1v) is 5.94. The Balaban J connectivity index is 2.64. The van der Waals surface area contributed by atoms with Crippen LogP contribution in [0.15, 0.2) is 6.20 Å². The molecule has 1 N–H and O–H groups in total. The average molecular weight is 252 g/mol. The molecule has 0 aliphatic carbocycles. The maximum atomic E-state index is 11.6. The molecule has 0 aliphatic rings. The number of anilines is 1. The van der Waals surface area contributed by atoms with Crippen LogP contribution in [0.2, 0.25) is 0 Å². The summed E-state index contributed by atoms with van der Waals surface area (Å²) in [6.45, 7) is 5.53. The number of aromatic nitrogens is 2. The fraction of sp³-hybridized carbons (Fsp3) is 0.583. The van der Waals surface area contributed by atoms with Crippen molar-refractivity contribution in [1.29, 1.82) is 0 Å². The van der Waals surface area contributed by atoms with Gasteiger partial charge in [-0.1, -0.05) is 0 Å². The zero-order valence-electron chi connectivity index (χ0n) is 11.4. The highest BCUT2D eigenvalue weighted by Crippen LogP contribution is 2.08. The molecule has 0 fully saturated rings. The molecule has 0 radical (unpaired) electrons. The van der Waals surface area contributed by atoms with Gasteiger partial charge in [0.15, 0.2) is 0 Å². The van der Waals surface area contributed by atoms with Crippen molar-refractivity contribution in [2.75, 3.05) is 39.1 Å². The number of hydrogen-bond donors (Lipinski definition) is 1. The Hall–Kier alpha value is -1.69. The minimum absolute atomic E-state index is 0.348. The number of carbonyl (C=O) groups is 1. The Morgan fingerprint density at radius 2 is 2.22 bits per heavy atom. The quantitative estimate of drug-likeness (QED) is 0.760.